The summed E-state index contributed by atoms with van der Waals surface area (Å²) in [7, 11) is 0. The SMILES string of the molecule is CCn1c(Cc2ccccc2)nnc1SCc1csc(-c2ccccc2Cl)n1. The second-order valence-corrected chi connectivity index (χ2v) is 8.43. The first-order valence-electron chi connectivity index (χ1n) is 9.02. The van der Waals surface area contributed by atoms with Gasteiger partial charge in [-0.25, -0.2) is 4.98 Å². The van der Waals surface area contributed by atoms with Crippen LogP contribution in [0.2, 0.25) is 5.02 Å². The van der Waals surface area contributed by atoms with Gasteiger partial charge in [-0.05, 0) is 18.6 Å². The third kappa shape index (κ3) is 4.29. The van der Waals surface area contributed by atoms with E-state index in [2.05, 4.69) is 51.3 Å². The van der Waals surface area contributed by atoms with Gasteiger partial charge in [-0.2, -0.15) is 0 Å². The molecule has 0 amide bonds. The van der Waals surface area contributed by atoms with E-state index >= 15 is 0 Å². The van der Waals surface area contributed by atoms with E-state index in [9.17, 15) is 0 Å². The first kappa shape index (κ1) is 19.2. The molecule has 4 rings (SSSR count). The molecular formula is C21H19ClN4S2. The molecule has 28 heavy (non-hydrogen) atoms. The lowest BCUT2D eigenvalue weighted by atomic mass is 10.1. The summed E-state index contributed by atoms with van der Waals surface area (Å²) >= 11 is 9.58. The highest BCUT2D eigenvalue weighted by atomic mass is 35.5. The van der Waals surface area contributed by atoms with Crippen molar-refractivity contribution in [3.8, 4) is 10.6 Å². The lowest BCUT2D eigenvalue weighted by molar-refractivity contribution is 0.651. The molecule has 2 aromatic carbocycles. The van der Waals surface area contributed by atoms with Crippen LogP contribution in [0.3, 0.4) is 0 Å². The highest BCUT2D eigenvalue weighted by molar-refractivity contribution is 7.98. The summed E-state index contributed by atoms with van der Waals surface area (Å²) in [5, 5.41) is 13.5. The summed E-state index contributed by atoms with van der Waals surface area (Å²) in [6.45, 7) is 2.97. The number of benzene rings is 2. The van der Waals surface area contributed by atoms with Crippen LogP contribution in [0.5, 0.6) is 0 Å². The zero-order valence-corrected chi connectivity index (χ0v) is 17.8. The zero-order chi connectivity index (χ0) is 19.3. The fourth-order valence-corrected chi connectivity index (χ4v) is 5.08. The minimum atomic E-state index is 0.729. The van der Waals surface area contributed by atoms with Gasteiger partial charge < -0.3 is 4.57 Å². The van der Waals surface area contributed by atoms with Gasteiger partial charge in [0.25, 0.3) is 0 Å². The Kier molecular flexibility index (Phi) is 6.10. The summed E-state index contributed by atoms with van der Waals surface area (Å²) in [5.41, 5.74) is 3.25. The zero-order valence-electron chi connectivity index (χ0n) is 15.4. The van der Waals surface area contributed by atoms with E-state index in [4.69, 9.17) is 16.6 Å². The average Bonchev–Trinajstić information content (AvgIpc) is 3.34. The largest absolute Gasteiger partial charge is 0.306 e. The molecule has 0 aliphatic heterocycles. The number of hydrogen-bond acceptors (Lipinski definition) is 5. The molecular weight excluding hydrogens is 408 g/mol. The molecule has 0 spiro atoms. The van der Waals surface area contributed by atoms with Gasteiger partial charge in [0.1, 0.15) is 10.8 Å². The molecule has 0 aliphatic rings. The molecule has 142 valence electrons. The minimum absolute atomic E-state index is 0.729. The van der Waals surface area contributed by atoms with Crippen molar-refractivity contribution in [3.63, 3.8) is 0 Å². The summed E-state index contributed by atoms with van der Waals surface area (Å²) in [6, 6.07) is 18.2. The average molecular weight is 427 g/mol. The monoisotopic (exact) mass is 426 g/mol. The van der Waals surface area contributed by atoms with Crippen molar-refractivity contribution in [2.24, 2.45) is 0 Å². The molecule has 0 aliphatic carbocycles. The molecule has 4 nitrogen and oxygen atoms in total. The Bertz CT molecular complexity index is 1060. The van der Waals surface area contributed by atoms with E-state index < -0.39 is 0 Å². The number of nitrogens with zero attached hydrogens (tertiary/aromatic N) is 4. The normalized spacial score (nSPS) is 11.1. The second-order valence-electron chi connectivity index (χ2n) is 6.22. The van der Waals surface area contributed by atoms with E-state index in [0.29, 0.717) is 0 Å². The van der Waals surface area contributed by atoms with Crippen LogP contribution in [0, 0.1) is 0 Å². The molecule has 2 heterocycles. The highest BCUT2D eigenvalue weighted by Gasteiger charge is 2.14. The molecule has 0 unspecified atom stereocenters. The van der Waals surface area contributed by atoms with E-state index in [-0.39, 0.29) is 0 Å². The van der Waals surface area contributed by atoms with Crippen LogP contribution < -0.4 is 0 Å². The standard InChI is InChI=1S/C21H19ClN4S2/c1-2-26-19(12-15-8-4-3-5-9-15)24-25-21(26)28-14-16-13-27-20(23-16)17-10-6-7-11-18(17)22/h3-11,13H,2,12,14H2,1H3. The molecule has 0 bridgehead atoms. The first-order valence-corrected chi connectivity index (χ1v) is 11.3. The van der Waals surface area contributed by atoms with Crippen molar-refractivity contribution >= 4 is 34.7 Å². The van der Waals surface area contributed by atoms with Crippen LogP contribution in [0.15, 0.2) is 65.1 Å². The lowest BCUT2D eigenvalue weighted by Crippen LogP contribution is -2.04. The Labute approximate surface area is 177 Å². The summed E-state index contributed by atoms with van der Waals surface area (Å²) in [4.78, 5) is 4.74. The Morgan fingerprint density at radius 3 is 2.61 bits per heavy atom. The smallest absolute Gasteiger partial charge is 0.191 e. The van der Waals surface area contributed by atoms with Crippen LogP contribution in [0.25, 0.3) is 10.6 Å². The van der Waals surface area contributed by atoms with Crippen molar-refractivity contribution in [3.05, 3.63) is 82.1 Å². The summed E-state index contributed by atoms with van der Waals surface area (Å²) < 4.78 is 2.18. The summed E-state index contributed by atoms with van der Waals surface area (Å²) in [5.74, 6) is 1.75. The van der Waals surface area contributed by atoms with Gasteiger partial charge in [-0.15, -0.1) is 21.5 Å². The van der Waals surface area contributed by atoms with Crippen LogP contribution in [-0.2, 0) is 18.7 Å². The number of rotatable bonds is 7. The Hall–Kier alpha value is -2.15. The Morgan fingerprint density at radius 1 is 1.04 bits per heavy atom. The number of aromatic nitrogens is 4. The van der Waals surface area contributed by atoms with Gasteiger partial charge in [-0.3, -0.25) is 0 Å². The lowest BCUT2D eigenvalue weighted by Gasteiger charge is -2.07. The quantitative estimate of drug-likeness (QED) is 0.342. The van der Waals surface area contributed by atoms with Crippen molar-refractivity contribution in [1.82, 2.24) is 19.7 Å². The third-order valence-corrected chi connectivity index (χ3v) is 6.57. The van der Waals surface area contributed by atoms with Crippen molar-refractivity contribution in [1.29, 1.82) is 0 Å². The molecule has 0 radical (unpaired) electrons. The van der Waals surface area contributed by atoms with Crippen LogP contribution in [0.4, 0.5) is 0 Å². The fraction of sp³-hybridized carbons (Fsp3) is 0.190. The number of halogens is 1. The maximum Gasteiger partial charge on any atom is 0.191 e. The predicted molar refractivity (Wildman–Crippen MR) is 117 cm³/mol. The van der Waals surface area contributed by atoms with Crippen molar-refractivity contribution in [2.75, 3.05) is 0 Å². The first-order chi connectivity index (χ1) is 13.7. The second kappa shape index (κ2) is 8.90. The highest BCUT2D eigenvalue weighted by Crippen LogP contribution is 2.31. The van der Waals surface area contributed by atoms with Gasteiger partial charge in [0.2, 0.25) is 0 Å². The van der Waals surface area contributed by atoms with E-state index in [1.807, 2.05) is 30.3 Å². The van der Waals surface area contributed by atoms with Gasteiger partial charge in [-0.1, -0.05) is 71.9 Å². The van der Waals surface area contributed by atoms with E-state index in [1.54, 1.807) is 23.1 Å². The van der Waals surface area contributed by atoms with Crippen LogP contribution in [0.1, 0.15) is 24.0 Å². The fourth-order valence-electron chi connectivity index (χ4n) is 2.92. The van der Waals surface area contributed by atoms with Gasteiger partial charge in [0, 0.05) is 29.7 Å². The van der Waals surface area contributed by atoms with E-state index in [0.717, 1.165) is 51.0 Å². The Balaban J connectivity index is 1.46. The third-order valence-electron chi connectivity index (χ3n) is 4.32. The Morgan fingerprint density at radius 2 is 1.82 bits per heavy atom. The van der Waals surface area contributed by atoms with E-state index in [1.165, 1.54) is 5.56 Å². The van der Waals surface area contributed by atoms with Crippen molar-refractivity contribution in [2.45, 2.75) is 30.8 Å². The number of thioether (sulfide) groups is 1. The van der Waals surface area contributed by atoms with Gasteiger partial charge in [0.05, 0.1) is 10.7 Å². The number of hydrogen-bond donors (Lipinski definition) is 0. The maximum atomic E-state index is 6.29. The molecule has 2 aromatic heterocycles. The molecule has 0 saturated heterocycles. The maximum absolute atomic E-state index is 6.29. The molecule has 0 fully saturated rings. The molecule has 0 saturated carbocycles. The van der Waals surface area contributed by atoms with Crippen molar-refractivity contribution < 1.29 is 0 Å². The molecule has 4 aromatic rings. The predicted octanol–water partition coefficient (Wildman–Crippen LogP) is 5.96. The summed E-state index contributed by atoms with van der Waals surface area (Å²) in [6.07, 6.45) is 0.787. The molecule has 0 N–H and O–H groups in total. The van der Waals surface area contributed by atoms with Crippen LogP contribution >= 0.6 is 34.7 Å². The number of thiazole rings is 1. The molecule has 7 heteroatoms. The topological polar surface area (TPSA) is 43.6 Å². The van der Waals surface area contributed by atoms with Gasteiger partial charge >= 0.3 is 0 Å². The van der Waals surface area contributed by atoms with Crippen LogP contribution in [-0.4, -0.2) is 19.7 Å². The minimum Gasteiger partial charge on any atom is -0.306 e. The van der Waals surface area contributed by atoms with Gasteiger partial charge in [0.15, 0.2) is 5.16 Å². The molecule has 0 atom stereocenters.